The van der Waals surface area contributed by atoms with E-state index in [1.165, 1.54) is 32.1 Å². The SMILES string of the molecule is CCCC[C@H]1CCCCC(=O)C1. The van der Waals surface area contributed by atoms with Crippen LogP contribution in [0.1, 0.15) is 58.3 Å². The van der Waals surface area contributed by atoms with Crippen LogP contribution in [0.3, 0.4) is 0 Å². The highest BCUT2D eigenvalue weighted by atomic mass is 16.1. The minimum atomic E-state index is 0.508. The van der Waals surface area contributed by atoms with Crippen molar-refractivity contribution in [1.82, 2.24) is 0 Å². The highest BCUT2D eigenvalue weighted by Gasteiger charge is 2.16. The second kappa shape index (κ2) is 5.34. The van der Waals surface area contributed by atoms with Gasteiger partial charge in [-0.05, 0) is 12.3 Å². The number of ketones is 1. The zero-order valence-electron chi connectivity index (χ0n) is 8.14. The molecule has 12 heavy (non-hydrogen) atoms. The quantitative estimate of drug-likeness (QED) is 0.591. The summed E-state index contributed by atoms with van der Waals surface area (Å²) in [6, 6.07) is 0. The Bertz CT molecular complexity index is 140. The molecule has 70 valence electrons. The van der Waals surface area contributed by atoms with E-state index in [0.29, 0.717) is 5.78 Å². The van der Waals surface area contributed by atoms with Gasteiger partial charge in [-0.1, -0.05) is 39.0 Å². The van der Waals surface area contributed by atoms with Gasteiger partial charge >= 0.3 is 0 Å². The van der Waals surface area contributed by atoms with Crippen LogP contribution in [0.4, 0.5) is 0 Å². The van der Waals surface area contributed by atoms with E-state index < -0.39 is 0 Å². The fraction of sp³-hybridized carbons (Fsp3) is 0.909. The van der Waals surface area contributed by atoms with Crippen molar-refractivity contribution in [3.05, 3.63) is 0 Å². The summed E-state index contributed by atoms with van der Waals surface area (Å²) in [6.07, 6.45) is 9.29. The third kappa shape index (κ3) is 3.38. The maximum absolute atomic E-state index is 11.3. The number of unbranched alkanes of at least 4 members (excludes halogenated alkanes) is 1. The summed E-state index contributed by atoms with van der Waals surface area (Å²) in [5.74, 6) is 1.23. The Morgan fingerprint density at radius 3 is 3.00 bits per heavy atom. The topological polar surface area (TPSA) is 17.1 Å². The van der Waals surface area contributed by atoms with E-state index in [0.717, 1.165) is 25.2 Å². The van der Waals surface area contributed by atoms with E-state index >= 15 is 0 Å². The first kappa shape index (κ1) is 9.76. The molecule has 1 rings (SSSR count). The maximum Gasteiger partial charge on any atom is 0.133 e. The fourth-order valence-corrected chi connectivity index (χ4v) is 2.02. The first-order valence-electron chi connectivity index (χ1n) is 5.34. The van der Waals surface area contributed by atoms with Crippen molar-refractivity contribution < 1.29 is 4.79 Å². The molecule has 1 fully saturated rings. The van der Waals surface area contributed by atoms with Gasteiger partial charge < -0.3 is 0 Å². The average molecular weight is 168 g/mol. The predicted molar refractivity (Wildman–Crippen MR) is 51.1 cm³/mol. The van der Waals surface area contributed by atoms with Crippen molar-refractivity contribution in [1.29, 1.82) is 0 Å². The van der Waals surface area contributed by atoms with Crippen LogP contribution in [0.5, 0.6) is 0 Å². The number of rotatable bonds is 3. The molecule has 1 nitrogen and oxygen atoms in total. The first-order chi connectivity index (χ1) is 5.83. The molecule has 1 aliphatic rings. The van der Waals surface area contributed by atoms with Crippen molar-refractivity contribution >= 4 is 5.78 Å². The Labute approximate surface area is 75.5 Å². The Morgan fingerprint density at radius 1 is 1.42 bits per heavy atom. The van der Waals surface area contributed by atoms with Crippen molar-refractivity contribution in [2.24, 2.45) is 5.92 Å². The summed E-state index contributed by atoms with van der Waals surface area (Å²) < 4.78 is 0. The zero-order chi connectivity index (χ0) is 8.81. The second-order valence-corrected chi connectivity index (χ2v) is 4.00. The minimum absolute atomic E-state index is 0.508. The van der Waals surface area contributed by atoms with Gasteiger partial charge in [0.15, 0.2) is 0 Å². The molecule has 0 bridgehead atoms. The van der Waals surface area contributed by atoms with E-state index in [9.17, 15) is 4.79 Å². The van der Waals surface area contributed by atoms with E-state index in [1.54, 1.807) is 0 Å². The van der Waals surface area contributed by atoms with Crippen LogP contribution in [-0.4, -0.2) is 5.78 Å². The molecule has 1 saturated carbocycles. The van der Waals surface area contributed by atoms with Crippen molar-refractivity contribution in [2.75, 3.05) is 0 Å². The van der Waals surface area contributed by atoms with Crippen molar-refractivity contribution in [3.8, 4) is 0 Å². The van der Waals surface area contributed by atoms with Crippen molar-refractivity contribution in [3.63, 3.8) is 0 Å². The molecule has 1 atom stereocenters. The summed E-state index contributed by atoms with van der Waals surface area (Å²) in [5, 5.41) is 0. The lowest BCUT2D eigenvalue weighted by Crippen LogP contribution is -2.04. The molecular formula is C11H20O. The summed E-state index contributed by atoms with van der Waals surface area (Å²) in [4.78, 5) is 11.3. The molecule has 0 spiro atoms. The monoisotopic (exact) mass is 168 g/mol. The summed E-state index contributed by atoms with van der Waals surface area (Å²) in [7, 11) is 0. The van der Waals surface area contributed by atoms with Gasteiger partial charge in [0, 0.05) is 12.8 Å². The number of hydrogen-bond donors (Lipinski definition) is 0. The van der Waals surface area contributed by atoms with Crippen LogP contribution in [0.2, 0.25) is 0 Å². The highest BCUT2D eigenvalue weighted by molar-refractivity contribution is 5.78. The summed E-state index contributed by atoms with van der Waals surface area (Å²) in [5.41, 5.74) is 0. The Hall–Kier alpha value is -0.330. The molecule has 0 amide bonds. The molecule has 0 aromatic rings. The Balaban J connectivity index is 2.26. The minimum Gasteiger partial charge on any atom is -0.300 e. The van der Waals surface area contributed by atoms with Gasteiger partial charge in [-0.3, -0.25) is 4.79 Å². The number of carbonyl (C=O) groups excluding carboxylic acids is 1. The molecular weight excluding hydrogens is 148 g/mol. The van der Waals surface area contributed by atoms with Crippen molar-refractivity contribution in [2.45, 2.75) is 58.3 Å². The van der Waals surface area contributed by atoms with E-state index in [-0.39, 0.29) is 0 Å². The van der Waals surface area contributed by atoms with Gasteiger partial charge in [0.05, 0.1) is 0 Å². The normalized spacial score (nSPS) is 25.4. The molecule has 0 heterocycles. The van der Waals surface area contributed by atoms with Crippen LogP contribution >= 0.6 is 0 Å². The van der Waals surface area contributed by atoms with Gasteiger partial charge in [0.25, 0.3) is 0 Å². The van der Waals surface area contributed by atoms with E-state index in [2.05, 4.69) is 6.92 Å². The third-order valence-electron chi connectivity index (χ3n) is 2.80. The smallest absolute Gasteiger partial charge is 0.133 e. The number of carbonyl (C=O) groups is 1. The standard InChI is InChI=1S/C11H20O/c1-2-3-6-10-7-4-5-8-11(12)9-10/h10H,2-9H2,1H3/t10-/m0/s1. The molecule has 1 aliphatic carbocycles. The molecule has 0 aromatic heterocycles. The molecule has 0 unspecified atom stereocenters. The van der Waals surface area contributed by atoms with Gasteiger partial charge in [0.1, 0.15) is 5.78 Å². The lowest BCUT2D eigenvalue weighted by atomic mass is 9.94. The fourth-order valence-electron chi connectivity index (χ4n) is 2.02. The van der Waals surface area contributed by atoms with Crippen LogP contribution in [-0.2, 0) is 4.79 Å². The predicted octanol–water partition coefficient (Wildman–Crippen LogP) is 3.33. The lowest BCUT2D eigenvalue weighted by molar-refractivity contribution is -0.119. The lowest BCUT2D eigenvalue weighted by Gasteiger charge is -2.11. The van der Waals surface area contributed by atoms with Gasteiger partial charge in [-0.2, -0.15) is 0 Å². The highest BCUT2D eigenvalue weighted by Crippen LogP contribution is 2.24. The summed E-state index contributed by atoms with van der Waals surface area (Å²) in [6.45, 7) is 2.22. The average Bonchev–Trinajstić information content (AvgIpc) is 2.26. The molecule has 0 saturated heterocycles. The summed E-state index contributed by atoms with van der Waals surface area (Å²) >= 11 is 0. The maximum atomic E-state index is 11.3. The van der Waals surface area contributed by atoms with Crippen LogP contribution < -0.4 is 0 Å². The second-order valence-electron chi connectivity index (χ2n) is 4.00. The molecule has 0 N–H and O–H groups in total. The first-order valence-corrected chi connectivity index (χ1v) is 5.34. The van der Waals surface area contributed by atoms with Crippen LogP contribution in [0.15, 0.2) is 0 Å². The number of hydrogen-bond acceptors (Lipinski definition) is 1. The zero-order valence-corrected chi connectivity index (χ0v) is 8.14. The molecule has 1 heteroatoms. The Morgan fingerprint density at radius 2 is 2.25 bits per heavy atom. The van der Waals surface area contributed by atoms with E-state index in [4.69, 9.17) is 0 Å². The largest absolute Gasteiger partial charge is 0.300 e. The van der Waals surface area contributed by atoms with Gasteiger partial charge in [-0.25, -0.2) is 0 Å². The molecule has 0 radical (unpaired) electrons. The molecule has 0 aromatic carbocycles. The number of Topliss-reactive ketones (excluding diaryl/α,β-unsaturated/α-hetero) is 1. The Kier molecular flexibility index (Phi) is 4.34. The third-order valence-corrected chi connectivity index (χ3v) is 2.80. The van der Waals surface area contributed by atoms with Gasteiger partial charge in [0.2, 0.25) is 0 Å². The van der Waals surface area contributed by atoms with E-state index in [1.807, 2.05) is 0 Å². The molecule has 0 aliphatic heterocycles. The van der Waals surface area contributed by atoms with Gasteiger partial charge in [-0.15, -0.1) is 0 Å². The van der Waals surface area contributed by atoms with Crippen LogP contribution in [0, 0.1) is 5.92 Å². The van der Waals surface area contributed by atoms with Crippen LogP contribution in [0.25, 0.3) is 0 Å².